The van der Waals surface area contributed by atoms with Gasteiger partial charge in [0.25, 0.3) is 0 Å². The Bertz CT molecular complexity index is 818. The van der Waals surface area contributed by atoms with Crippen LogP contribution in [0.1, 0.15) is 18.4 Å². The van der Waals surface area contributed by atoms with Crippen molar-refractivity contribution in [3.05, 3.63) is 48.0 Å². The first-order chi connectivity index (χ1) is 11.6. The van der Waals surface area contributed by atoms with E-state index in [1.165, 1.54) is 4.90 Å². The number of carbonyl (C=O) groups is 3. The van der Waals surface area contributed by atoms with Crippen LogP contribution in [0.15, 0.2) is 42.5 Å². The monoisotopic (exact) mass is 322 g/mol. The van der Waals surface area contributed by atoms with Gasteiger partial charge in [0.2, 0.25) is 17.7 Å². The minimum Gasteiger partial charge on any atom is -0.338 e. The summed E-state index contributed by atoms with van der Waals surface area (Å²) in [5.74, 6) is -0.168. The minimum atomic E-state index is -0.135. The van der Waals surface area contributed by atoms with Crippen molar-refractivity contribution in [2.24, 2.45) is 0 Å². The maximum absolute atomic E-state index is 12.5. The third kappa shape index (κ3) is 2.46. The fraction of sp³-hybridized carbons (Fsp3) is 0.316. The van der Waals surface area contributed by atoms with Gasteiger partial charge in [-0.1, -0.05) is 42.5 Å². The molecule has 5 heteroatoms. The topological polar surface area (TPSA) is 57.7 Å². The number of likely N-dealkylation sites (tertiary alicyclic amines) is 2. The van der Waals surface area contributed by atoms with Crippen LogP contribution in [0, 0.1) is 0 Å². The molecule has 3 amide bonds. The highest BCUT2D eigenvalue weighted by Gasteiger charge is 2.42. The molecule has 0 radical (unpaired) electrons. The lowest BCUT2D eigenvalue weighted by Crippen LogP contribution is -2.62. The Morgan fingerprint density at radius 1 is 0.958 bits per heavy atom. The highest BCUT2D eigenvalue weighted by molar-refractivity contribution is 6.02. The second-order valence-electron chi connectivity index (χ2n) is 6.43. The van der Waals surface area contributed by atoms with Crippen LogP contribution in [0.2, 0.25) is 0 Å². The van der Waals surface area contributed by atoms with Gasteiger partial charge >= 0.3 is 0 Å². The molecule has 2 fully saturated rings. The summed E-state index contributed by atoms with van der Waals surface area (Å²) in [6.07, 6.45) is 0.953. The van der Waals surface area contributed by atoms with Gasteiger partial charge in [-0.25, -0.2) is 0 Å². The van der Waals surface area contributed by atoms with Crippen LogP contribution in [-0.2, 0) is 20.8 Å². The summed E-state index contributed by atoms with van der Waals surface area (Å²) in [5.41, 5.74) is 1.01. The van der Waals surface area contributed by atoms with Crippen molar-refractivity contribution in [3.8, 4) is 0 Å². The van der Waals surface area contributed by atoms with Crippen LogP contribution in [0.25, 0.3) is 10.8 Å². The molecule has 24 heavy (non-hydrogen) atoms. The number of rotatable bonds is 3. The highest BCUT2D eigenvalue weighted by atomic mass is 16.2. The number of fused-ring (bicyclic) bond motifs is 1. The Labute approximate surface area is 139 Å². The molecule has 0 atom stereocenters. The Morgan fingerprint density at radius 2 is 1.62 bits per heavy atom. The van der Waals surface area contributed by atoms with Gasteiger partial charge in [-0.15, -0.1) is 0 Å². The van der Waals surface area contributed by atoms with Crippen molar-refractivity contribution in [1.82, 2.24) is 9.80 Å². The average molecular weight is 322 g/mol. The second kappa shape index (κ2) is 5.74. The molecule has 0 saturated carbocycles. The summed E-state index contributed by atoms with van der Waals surface area (Å²) in [6.45, 7) is 0.919. The van der Waals surface area contributed by atoms with Crippen molar-refractivity contribution in [2.45, 2.75) is 25.3 Å². The number of amides is 3. The maximum Gasteiger partial charge on any atom is 0.230 e. The number of imide groups is 1. The van der Waals surface area contributed by atoms with Crippen molar-refractivity contribution < 1.29 is 14.4 Å². The number of hydrogen-bond donors (Lipinski definition) is 0. The standard InChI is InChI=1S/C19H18N2O3/c22-17-8-9-18(23)21(17)15-11-20(12-15)19(24)10-14-6-3-5-13-4-1-2-7-16(13)14/h1-7,15H,8-12H2. The lowest BCUT2D eigenvalue weighted by molar-refractivity contribution is -0.151. The van der Waals surface area contributed by atoms with Crippen molar-refractivity contribution >= 4 is 28.5 Å². The zero-order chi connectivity index (χ0) is 16.7. The number of hydrogen-bond acceptors (Lipinski definition) is 3. The first-order valence-corrected chi connectivity index (χ1v) is 8.23. The Kier molecular flexibility index (Phi) is 3.56. The molecule has 0 N–H and O–H groups in total. The number of benzene rings is 2. The van der Waals surface area contributed by atoms with Gasteiger partial charge in [0.05, 0.1) is 12.5 Å². The van der Waals surface area contributed by atoms with E-state index in [0.717, 1.165) is 16.3 Å². The smallest absolute Gasteiger partial charge is 0.230 e. The van der Waals surface area contributed by atoms with E-state index >= 15 is 0 Å². The van der Waals surface area contributed by atoms with Crippen LogP contribution in [0.5, 0.6) is 0 Å². The van der Waals surface area contributed by atoms with Crippen LogP contribution in [0.4, 0.5) is 0 Å². The predicted molar refractivity (Wildman–Crippen MR) is 89.1 cm³/mol. The van der Waals surface area contributed by atoms with Crippen molar-refractivity contribution in [2.75, 3.05) is 13.1 Å². The average Bonchev–Trinajstić information content (AvgIpc) is 2.86. The normalized spacial score (nSPS) is 18.3. The molecular formula is C19H18N2O3. The van der Waals surface area contributed by atoms with Crippen LogP contribution < -0.4 is 0 Å². The summed E-state index contributed by atoms with van der Waals surface area (Å²) >= 11 is 0. The molecule has 0 aromatic heterocycles. The summed E-state index contributed by atoms with van der Waals surface area (Å²) in [4.78, 5) is 39.0. The summed E-state index contributed by atoms with van der Waals surface area (Å²) in [6, 6.07) is 13.9. The molecule has 2 aromatic rings. The summed E-state index contributed by atoms with van der Waals surface area (Å²) < 4.78 is 0. The minimum absolute atomic E-state index is 0.0432. The van der Waals surface area contributed by atoms with Gasteiger partial charge in [-0.2, -0.15) is 0 Å². The van der Waals surface area contributed by atoms with E-state index in [-0.39, 0.29) is 23.8 Å². The largest absolute Gasteiger partial charge is 0.338 e. The quantitative estimate of drug-likeness (QED) is 0.809. The van der Waals surface area contributed by atoms with Crippen LogP contribution in [0.3, 0.4) is 0 Å². The fourth-order valence-corrected chi connectivity index (χ4v) is 3.54. The zero-order valence-corrected chi connectivity index (χ0v) is 13.3. The Balaban J connectivity index is 1.43. The second-order valence-corrected chi connectivity index (χ2v) is 6.43. The predicted octanol–water partition coefficient (Wildman–Crippen LogP) is 1.74. The van der Waals surface area contributed by atoms with Gasteiger partial charge in [-0.05, 0) is 16.3 Å². The van der Waals surface area contributed by atoms with Gasteiger partial charge in [0.15, 0.2) is 0 Å². The van der Waals surface area contributed by atoms with Gasteiger partial charge in [-0.3, -0.25) is 19.3 Å². The van der Waals surface area contributed by atoms with Crippen molar-refractivity contribution in [3.63, 3.8) is 0 Å². The summed E-state index contributed by atoms with van der Waals surface area (Å²) in [7, 11) is 0. The number of nitrogens with zero attached hydrogens (tertiary/aromatic N) is 2. The molecule has 2 aliphatic heterocycles. The van der Waals surface area contributed by atoms with Gasteiger partial charge in [0, 0.05) is 25.9 Å². The van der Waals surface area contributed by atoms with E-state index in [1.54, 1.807) is 4.90 Å². The molecule has 2 saturated heterocycles. The Hall–Kier alpha value is -2.69. The highest BCUT2D eigenvalue weighted by Crippen LogP contribution is 2.24. The fourth-order valence-electron chi connectivity index (χ4n) is 3.54. The van der Waals surface area contributed by atoms with E-state index in [1.807, 2.05) is 42.5 Å². The molecule has 0 aliphatic carbocycles. The molecular weight excluding hydrogens is 304 g/mol. The van der Waals surface area contributed by atoms with E-state index < -0.39 is 0 Å². The van der Waals surface area contributed by atoms with Crippen molar-refractivity contribution in [1.29, 1.82) is 0 Å². The number of carbonyl (C=O) groups excluding carboxylic acids is 3. The first-order valence-electron chi connectivity index (χ1n) is 8.23. The first kappa shape index (κ1) is 14.9. The zero-order valence-electron chi connectivity index (χ0n) is 13.3. The molecule has 2 aromatic carbocycles. The molecule has 2 aliphatic rings. The van der Waals surface area contributed by atoms with E-state index in [9.17, 15) is 14.4 Å². The molecule has 4 rings (SSSR count). The maximum atomic E-state index is 12.5. The molecule has 0 spiro atoms. The third-order valence-corrected chi connectivity index (χ3v) is 4.89. The SMILES string of the molecule is O=C(Cc1cccc2ccccc12)N1CC(N2C(=O)CCC2=O)C1. The van der Waals surface area contributed by atoms with E-state index in [0.29, 0.717) is 32.4 Å². The lowest BCUT2D eigenvalue weighted by atomic mass is 10.00. The lowest BCUT2D eigenvalue weighted by Gasteiger charge is -2.43. The van der Waals surface area contributed by atoms with Gasteiger partial charge in [0.1, 0.15) is 0 Å². The molecule has 122 valence electrons. The molecule has 2 heterocycles. The van der Waals surface area contributed by atoms with Gasteiger partial charge < -0.3 is 4.90 Å². The third-order valence-electron chi connectivity index (χ3n) is 4.89. The van der Waals surface area contributed by atoms with E-state index in [2.05, 4.69) is 0 Å². The summed E-state index contributed by atoms with van der Waals surface area (Å²) in [5, 5.41) is 2.22. The van der Waals surface area contributed by atoms with E-state index in [4.69, 9.17) is 0 Å². The van der Waals surface area contributed by atoms with Crippen LogP contribution in [-0.4, -0.2) is 46.7 Å². The molecule has 0 bridgehead atoms. The Morgan fingerprint density at radius 3 is 2.38 bits per heavy atom. The molecule has 5 nitrogen and oxygen atoms in total. The van der Waals surface area contributed by atoms with Crippen LogP contribution >= 0.6 is 0 Å². The molecule has 0 unspecified atom stereocenters.